The first-order valence-electron chi connectivity index (χ1n) is 7.60. The van der Waals surface area contributed by atoms with Crippen molar-refractivity contribution in [2.24, 2.45) is 0 Å². The summed E-state index contributed by atoms with van der Waals surface area (Å²) in [6.45, 7) is 0.991. The Hall–Kier alpha value is -2.24. The molecule has 0 radical (unpaired) electrons. The van der Waals surface area contributed by atoms with Crippen LogP contribution in [0.4, 0.5) is 0 Å². The maximum atomic E-state index is 10.7. The molecule has 0 spiro atoms. The Bertz CT molecular complexity index is 539. The fraction of sp³-hybridized carbons (Fsp3) is 0.714. The van der Waals surface area contributed by atoms with Crippen molar-refractivity contribution in [2.75, 3.05) is 7.11 Å². The number of aliphatic hydroxyl groups excluding tert-OH is 8. The number of carboxylic acid groups (broad SMARTS) is 2. The minimum absolute atomic E-state index is 0.793. The van der Waals surface area contributed by atoms with Gasteiger partial charge in [-0.15, -0.1) is 0 Å². The second-order valence-corrected chi connectivity index (χ2v) is 5.55. The molecule has 29 heavy (non-hydrogen) atoms. The summed E-state index contributed by atoms with van der Waals surface area (Å²) in [5.41, 5.74) is 0. The number of aliphatic hydroxyl groups is 8. The monoisotopic (exact) mass is 432 g/mol. The van der Waals surface area contributed by atoms with Crippen molar-refractivity contribution in [2.45, 2.75) is 55.8 Å². The third-order valence-electron chi connectivity index (χ3n) is 3.36. The molecule has 0 aliphatic rings. The fourth-order valence-corrected chi connectivity index (χ4v) is 1.54. The predicted molar refractivity (Wildman–Crippen MR) is 86.0 cm³/mol. The van der Waals surface area contributed by atoms with Crippen LogP contribution in [0.15, 0.2) is 0 Å². The molecule has 0 rings (SSSR count). The number of carbonyl (C=O) groups is 4. The number of Topliss-reactive ketones (excluding diaryl/α,β-unsaturated/α-hetero) is 1. The molecule has 15 nitrogen and oxygen atoms in total. The highest BCUT2D eigenvalue weighted by Gasteiger charge is 2.37. The van der Waals surface area contributed by atoms with E-state index >= 15 is 0 Å². The number of rotatable bonds is 10. The molecule has 0 saturated heterocycles. The third kappa shape index (κ3) is 9.20. The number of esters is 1. The molecule has 0 aliphatic heterocycles. The SMILES string of the molecule is COC(=O)[C@@H](O)[C@H](O)[C@H](O)[C@@H](O)C(C)=O.O=C(O)[C@@H](O)[C@H](O)[C@H](O)[C@@H](O)C(=O)O. The maximum absolute atomic E-state index is 10.7. The fourth-order valence-electron chi connectivity index (χ4n) is 1.54. The zero-order chi connectivity index (χ0) is 23.6. The number of methoxy groups -OCH3 is 1. The summed E-state index contributed by atoms with van der Waals surface area (Å²) in [4.78, 5) is 41.5. The smallest absolute Gasteiger partial charge is 0.337 e. The van der Waals surface area contributed by atoms with Crippen molar-refractivity contribution in [1.29, 1.82) is 0 Å². The Kier molecular flexibility index (Phi) is 13.1. The molecule has 0 aliphatic carbocycles. The lowest BCUT2D eigenvalue weighted by Crippen LogP contribution is -2.49. The van der Waals surface area contributed by atoms with Crippen LogP contribution < -0.4 is 0 Å². The van der Waals surface area contributed by atoms with Gasteiger partial charge in [0.05, 0.1) is 7.11 Å². The Balaban J connectivity index is 0. The summed E-state index contributed by atoms with van der Waals surface area (Å²) in [5.74, 6) is -5.64. The summed E-state index contributed by atoms with van der Waals surface area (Å²) in [6, 6.07) is 0. The highest BCUT2D eigenvalue weighted by Crippen LogP contribution is 2.07. The zero-order valence-electron chi connectivity index (χ0n) is 15.1. The van der Waals surface area contributed by atoms with Crippen molar-refractivity contribution in [1.82, 2.24) is 0 Å². The van der Waals surface area contributed by atoms with E-state index in [1.165, 1.54) is 0 Å². The second kappa shape index (κ2) is 13.1. The molecule has 10 N–H and O–H groups in total. The van der Waals surface area contributed by atoms with E-state index in [0.717, 1.165) is 14.0 Å². The lowest BCUT2D eigenvalue weighted by atomic mass is 10.0. The standard InChI is InChI=1S/C8H14O7.C6H10O8/c1-3(9)4(10)5(11)6(12)7(13)8(14)15-2;7-1(3(9)5(11)12)2(8)4(10)6(13)14/h4-7,10-13H,1-2H3;1-4,7-10H,(H,11,12)(H,13,14)/t4-,5+,6+,7-;1-,2+,3+,4-/m0./s1. The summed E-state index contributed by atoms with van der Waals surface area (Å²) in [7, 11) is 0.978. The van der Waals surface area contributed by atoms with Crippen molar-refractivity contribution < 1.29 is 75.0 Å². The second-order valence-electron chi connectivity index (χ2n) is 5.55. The highest BCUT2D eigenvalue weighted by atomic mass is 16.5. The molecule has 0 aromatic rings. The summed E-state index contributed by atoms with van der Waals surface area (Å²) < 4.78 is 4.10. The minimum atomic E-state index is -2.36. The zero-order valence-corrected chi connectivity index (χ0v) is 15.1. The Morgan fingerprint density at radius 3 is 1.10 bits per heavy atom. The first kappa shape index (κ1) is 29.0. The van der Waals surface area contributed by atoms with Gasteiger partial charge in [0.25, 0.3) is 0 Å². The number of ether oxygens (including phenoxy) is 1. The van der Waals surface area contributed by atoms with Gasteiger partial charge in [-0.25, -0.2) is 14.4 Å². The van der Waals surface area contributed by atoms with E-state index in [1.54, 1.807) is 0 Å². The van der Waals surface area contributed by atoms with Crippen molar-refractivity contribution in [3.05, 3.63) is 0 Å². The van der Waals surface area contributed by atoms with E-state index in [1.807, 2.05) is 0 Å². The summed E-state index contributed by atoms with van der Waals surface area (Å²) >= 11 is 0. The number of hydrogen-bond acceptors (Lipinski definition) is 13. The van der Waals surface area contributed by atoms with E-state index < -0.39 is 72.5 Å². The first-order chi connectivity index (χ1) is 13.1. The molecule has 0 saturated carbocycles. The van der Waals surface area contributed by atoms with Gasteiger partial charge >= 0.3 is 17.9 Å². The van der Waals surface area contributed by atoms with E-state index in [2.05, 4.69) is 4.74 Å². The van der Waals surface area contributed by atoms with Gasteiger partial charge < -0.3 is 55.8 Å². The van der Waals surface area contributed by atoms with Crippen LogP contribution in [-0.2, 0) is 23.9 Å². The minimum Gasteiger partial charge on any atom is -0.479 e. The van der Waals surface area contributed by atoms with E-state index in [-0.39, 0.29) is 0 Å². The molecule has 15 heteroatoms. The number of carbonyl (C=O) groups excluding carboxylic acids is 2. The van der Waals surface area contributed by atoms with Crippen LogP contribution in [0, 0.1) is 0 Å². The molecule has 0 amide bonds. The molecular weight excluding hydrogens is 408 g/mol. The molecular formula is C14H24O15. The van der Waals surface area contributed by atoms with Gasteiger partial charge in [-0.1, -0.05) is 0 Å². The van der Waals surface area contributed by atoms with Gasteiger partial charge in [0.15, 0.2) is 24.1 Å². The van der Waals surface area contributed by atoms with Crippen LogP contribution >= 0.6 is 0 Å². The molecule has 0 heterocycles. The van der Waals surface area contributed by atoms with Gasteiger partial charge in [-0.2, -0.15) is 0 Å². The molecule has 0 aromatic heterocycles. The molecule has 0 bridgehead atoms. The van der Waals surface area contributed by atoms with Crippen LogP contribution in [0.5, 0.6) is 0 Å². The van der Waals surface area contributed by atoms with Crippen molar-refractivity contribution in [3.63, 3.8) is 0 Å². The van der Waals surface area contributed by atoms with E-state index in [9.17, 15) is 29.4 Å². The first-order valence-corrected chi connectivity index (χ1v) is 7.60. The third-order valence-corrected chi connectivity index (χ3v) is 3.36. The van der Waals surface area contributed by atoms with Gasteiger partial charge in [0.2, 0.25) is 0 Å². The number of aliphatic carboxylic acids is 2. The normalized spacial score (nSPS) is 19.1. The maximum Gasteiger partial charge on any atom is 0.337 e. The Morgan fingerprint density at radius 2 is 0.862 bits per heavy atom. The molecule has 8 atom stereocenters. The summed E-state index contributed by atoms with van der Waals surface area (Å²) in [5, 5.41) is 88.0. The Labute approximate surface area is 162 Å². The topological polar surface area (TPSA) is 280 Å². The number of carboxylic acids is 2. The largest absolute Gasteiger partial charge is 0.479 e. The van der Waals surface area contributed by atoms with Crippen LogP contribution in [0.3, 0.4) is 0 Å². The average Bonchev–Trinajstić information content (AvgIpc) is 2.68. The molecule has 0 aromatic carbocycles. The average molecular weight is 432 g/mol. The van der Waals surface area contributed by atoms with Crippen LogP contribution in [0.25, 0.3) is 0 Å². The lowest BCUT2D eigenvalue weighted by Gasteiger charge is -2.23. The van der Waals surface area contributed by atoms with Crippen LogP contribution in [-0.4, -0.2) is 131 Å². The Morgan fingerprint density at radius 1 is 0.586 bits per heavy atom. The van der Waals surface area contributed by atoms with E-state index in [0.29, 0.717) is 0 Å². The van der Waals surface area contributed by atoms with Crippen LogP contribution in [0.2, 0.25) is 0 Å². The number of hydrogen-bond donors (Lipinski definition) is 10. The van der Waals surface area contributed by atoms with Gasteiger partial charge in [0.1, 0.15) is 30.5 Å². The predicted octanol–water partition coefficient (Wildman–Crippen LogP) is -6.21. The van der Waals surface area contributed by atoms with Gasteiger partial charge in [-0.3, -0.25) is 4.79 Å². The van der Waals surface area contributed by atoms with Crippen molar-refractivity contribution >= 4 is 23.7 Å². The molecule has 170 valence electrons. The molecule has 0 unspecified atom stereocenters. The summed E-state index contributed by atoms with van der Waals surface area (Å²) in [6.07, 6.45) is -17.1. The van der Waals surface area contributed by atoms with E-state index in [4.69, 9.17) is 40.9 Å². The number of ketones is 1. The lowest BCUT2D eigenvalue weighted by molar-refractivity contribution is -0.172. The van der Waals surface area contributed by atoms with Gasteiger partial charge in [-0.05, 0) is 6.92 Å². The van der Waals surface area contributed by atoms with Gasteiger partial charge in [0, 0.05) is 0 Å². The highest BCUT2D eigenvalue weighted by molar-refractivity contribution is 5.81. The van der Waals surface area contributed by atoms with Crippen molar-refractivity contribution in [3.8, 4) is 0 Å². The van der Waals surface area contributed by atoms with Crippen LogP contribution in [0.1, 0.15) is 6.92 Å². The molecule has 0 fully saturated rings. The quantitative estimate of drug-likeness (QED) is 0.144.